The lowest BCUT2D eigenvalue weighted by Crippen LogP contribution is -2.37. The number of hydrogen-bond acceptors (Lipinski definition) is 3. The fraction of sp³-hybridized carbons (Fsp3) is 0.208. The van der Waals surface area contributed by atoms with Gasteiger partial charge in [0.1, 0.15) is 5.75 Å². The van der Waals surface area contributed by atoms with Crippen molar-refractivity contribution >= 4 is 5.91 Å². The highest BCUT2D eigenvalue weighted by molar-refractivity contribution is 5.78. The van der Waals surface area contributed by atoms with Gasteiger partial charge in [-0.25, -0.2) is 0 Å². The van der Waals surface area contributed by atoms with E-state index in [1.54, 1.807) is 0 Å². The van der Waals surface area contributed by atoms with Gasteiger partial charge in [0.2, 0.25) is 0 Å². The number of rotatable bonds is 8. The van der Waals surface area contributed by atoms with E-state index >= 15 is 0 Å². The van der Waals surface area contributed by atoms with E-state index in [-0.39, 0.29) is 18.6 Å². The average molecular weight is 374 g/mol. The molecule has 0 aliphatic carbocycles. The number of ether oxygens (including phenoxy) is 1. The van der Waals surface area contributed by atoms with Crippen LogP contribution in [0.4, 0.5) is 0 Å². The van der Waals surface area contributed by atoms with E-state index in [2.05, 4.69) is 22.3 Å². The Hall–Kier alpha value is -3.11. The zero-order valence-electron chi connectivity index (χ0n) is 16.3. The molecule has 1 atom stereocenters. The van der Waals surface area contributed by atoms with Crippen molar-refractivity contribution in [2.45, 2.75) is 6.04 Å². The van der Waals surface area contributed by atoms with Gasteiger partial charge in [0.15, 0.2) is 6.61 Å². The number of likely N-dealkylation sites (N-methyl/N-ethyl adjacent to an activating group) is 1. The van der Waals surface area contributed by atoms with Crippen molar-refractivity contribution < 1.29 is 9.53 Å². The van der Waals surface area contributed by atoms with Crippen LogP contribution in [0.1, 0.15) is 11.6 Å². The third-order valence-corrected chi connectivity index (χ3v) is 4.42. The van der Waals surface area contributed by atoms with Gasteiger partial charge in [0, 0.05) is 6.54 Å². The smallest absolute Gasteiger partial charge is 0.258 e. The number of carbonyl (C=O) groups excluding carboxylic acids is 1. The monoisotopic (exact) mass is 374 g/mol. The first-order valence-electron chi connectivity index (χ1n) is 9.39. The van der Waals surface area contributed by atoms with E-state index in [1.165, 1.54) is 0 Å². The van der Waals surface area contributed by atoms with E-state index in [0.717, 1.165) is 23.2 Å². The second-order valence-corrected chi connectivity index (χ2v) is 6.97. The fourth-order valence-electron chi connectivity index (χ4n) is 3.04. The quantitative estimate of drug-likeness (QED) is 0.644. The molecule has 0 spiro atoms. The number of hydrogen-bond donors (Lipinski definition) is 1. The van der Waals surface area contributed by atoms with Crippen molar-refractivity contribution in [2.75, 3.05) is 27.2 Å². The van der Waals surface area contributed by atoms with Gasteiger partial charge in [-0.3, -0.25) is 4.79 Å². The van der Waals surface area contributed by atoms with Gasteiger partial charge in [-0.2, -0.15) is 0 Å². The zero-order chi connectivity index (χ0) is 19.8. The summed E-state index contributed by atoms with van der Waals surface area (Å²) < 4.78 is 5.67. The normalized spacial score (nSPS) is 11.8. The Bertz CT molecular complexity index is 862. The predicted molar refractivity (Wildman–Crippen MR) is 113 cm³/mol. The molecule has 1 amide bonds. The van der Waals surface area contributed by atoms with Crippen molar-refractivity contribution in [1.82, 2.24) is 10.2 Å². The van der Waals surface area contributed by atoms with Crippen LogP contribution in [-0.2, 0) is 4.79 Å². The van der Waals surface area contributed by atoms with E-state index < -0.39 is 0 Å². The van der Waals surface area contributed by atoms with Gasteiger partial charge in [-0.05, 0) is 42.9 Å². The Morgan fingerprint density at radius 3 is 2.04 bits per heavy atom. The molecule has 0 fully saturated rings. The summed E-state index contributed by atoms with van der Waals surface area (Å²) in [5, 5.41) is 3.07. The number of carbonyl (C=O) groups is 1. The summed E-state index contributed by atoms with van der Waals surface area (Å²) in [6, 6.07) is 27.9. The lowest BCUT2D eigenvalue weighted by Gasteiger charge is -2.23. The molecule has 0 saturated carbocycles. The van der Waals surface area contributed by atoms with Crippen molar-refractivity contribution in [3.63, 3.8) is 0 Å². The maximum atomic E-state index is 12.4. The van der Waals surface area contributed by atoms with Gasteiger partial charge in [-0.1, -0.05) is 72.8 Å². The molecule has 0 aromatic heterocycles. The molecule has 3 aromatic rings. The van der Waals surface area contributed by atoms with Crippen LogP contribution >= 0.6 is 0 Å². The van der Waals surface area contributed by atoms with Crippen molar-refractivity contribution in [3.8, 4) is 16.9 Å². The lowest BCUT2D eigenvalue weighted by molar-refractivity contribution is -0.124. The summed E-state index contributed by atoms with van der Waals surface area (Å²) in [6.07, 6.45) is 0. The highest BCUT2D eigenvalue weighted by Gasteiger charge is 2.15. The Kier molecular flexibility index (Phi) is 6.82. The van der Waals surface area contributed by atoms with Crippen LogP contribution in [0, 0.1) is 0 Å². The maximum Gasteiger partial charge on any atom is 0.258 e. The summed E-state index contributed by atoms with van der Waals surface area (Å²) in [7, 11) is 3.99. The molecule has 144 valence electrons. The molecule has 0 radical (unpaired) electrons. The van der Waals surface area contributed by atoms with Crippen LogP contribution in [0.5, 0.6) is 5.75 Å². The van der Waals surface area contributed by atoms with E-state index in [0.29, 0.717) is 5.75 Å². The van der Waals surface area contributed by atoms with E-state index in [9.17, 15) is 4.79 Å². The number of nitrogens with one attached hydrogen (secondary N) is 1. The summed E-state index contributed by atoms with van der Waals surface area (Å²) in [5.41, 5.74) is 3.35. The fourth-order valence-corrected chi connectivity index (χ4v) is 3.04. The van der Waals surface area contributed by atoms with Crippen LogP contribution in [0.3, 0.4) is 0 Å². The molecular formula is C24H26N2O2. The van der Waals surface area contributed by atoms with Crippen LogP contribution in [0.25, 0.3) is 11.1 Å². The number of nitrogens with zero attached hydrogens (tertiary/aromatic N) is 1. The minimum Gasteiger partial charge on any atom is -0.484 e. The molecule has 0 bridgehead atoms. The largest absolute Gasteiger partial charge is 0.484 e. The SMILES string of the molecule is CN(C)C[C@@H](NC(=O)COc1ccc(-c2ccccc2)cc1)c1ccccc1. The summed E-state index contributed by atoms with van der Waals surface area (Å²) >= 11 is 0. The molecule has 1 N–H and O–H groups in total. The summed E-state index contributed by atoms with van der Waals surface area (Å²) in [6.45, 7) is 0.711. The number of amides is 1. The van der Waals surface area contributed by atoms with E-state index in [1.807, 2.05) is 86.9 Å². The minimum atomic E-state index is -0.136. The summed E-state index contributed by atoms with van der Waals surface area (Å²) in [4.78, 5) is 14.5. The molecule has 0 aliphatic heterocycles. The molecule has 0 saturated heterocycles. The lowest BCUT2D eigenvalue weighted by atomic mass is 10.1. The Morgan fingerprint density at radius 1 is 0.857 bits per heavy atom. The minimum absolute atomic E-state index is 0.0125. The first-order valence-corrected chi connectivity index (χ1v) is 9.39. The number of benzene rings is 3. The topological polar surface area (TPSA) is 41.6 Å². The van der Waals surface area contributed by atoms with Gasteiger partial charge in [-0.15, -0.1) is 0 Å². The third-order valence-electron chi connectivity index (χ3n) is 4.42. The first-order chi connectivity index (χ1) is 13.6. The van der Waals surface area contributed by atoms with Gasteiger partial charge in [0.05, 0.1) is 6.04 Å². The van der Waals surface area contributed by atoms with Crippen molar-refractivity contribution in [3.05, 3.63) is 90.5 Å². The summed E-state index contributed by atoms with van der Waals surface area (Å²) in [5.74, 6) is 0.543. The Balaban J connectivity index is 1.57. The highest BCUT2D eigenvalue weighted by atomic mass is 16.5. The molecule has 3 aromatic carbocycles. The van der Waals surface area contributed by atoms with Crippen LogP contribution < -0.4 is 10.1 Å². The average Bonchev–Trinajstić information content (AvgIpc) is 2.73. The zero-order valence-corrected chi connectivity index (χ0v) is 16.3. The van der Waals surface area contributed by atoms with Crippen LogP contribution in [-0.4, -0.2) is 38.1 Å². The molecule has 0 heterocycles. The molecule has 0 aliphatic rings. The third kappa shape index (κ3) is 5.69. The van der Waals surface area contributed by atoms with Crippen LogP contribution in [0.15, 0.2) is 84.9 Å². The van der Waals surface area contributed by atoms with Gasteiger partial charge < -0.3 is 15.0 Å². The van der Waals surface area contributed by atoms with Crippen molar-refractivity contribution in [2.24, 2.45) is 0 Å². The molecule has 0 unspecified atom stereocenters. The molecule has 4 nitrogen and oxygen atoms in total. The van der Waals surface area contributed by atoms with E-state index in [4.69, 9.17) is 4.74 Å². The predicted octanol–water partition coefficient (Wildman–Crippen LogP) is 4.15. The molecular weight excluding hydrogens is 348 g/mol. The Morgan fingerprint density at radius 2 is 1.43 bits per heavy atom. The molecule has 4 heteroatoms. The highest BCUT2D eigenvalue weighted by Crippen LogP contribution is 2.22. The first kappa shape index (κ1) is 19.6. The molecule has 3 rings (SSSR count). The standard InChI is InChI=1S/C24H26N2O2/c1-26(2)17-23(21-11-7-4-8-12-21)25-24(27)18-28-22-15-13-20(14-16-22)19-9-5-3-6-10-19/h3-16,23H,17-18H2,1-2H3,(H,25,27)/t23-/m1/s1. The maximum absolute atomic E-state index is 12.4. The Labute approximate surface area is 166 Å². The second kappa shape index (κ2) is 9.72. The van der Waals surface area contributed by atoms with Gasteiger partial charge in [0.25, 0.3) is 5.91 Å². The van der Waals surface area contributed by atoms with Gasteiger partial charge >= 0.3 is 0 Å². The molecule has 28 heavy (non-hydrogen) atoms. The van der Waals surface area contributed by atoms with Crippen molar-refractivity contribution in [1.29, 1.82) is 0 Å². The second-order valence-electron chi connectivity index (χ2n) is 6.97. The van der Waals surface area contributed by atoms with Crippen LogP contribution in [0.2, 0.25) is 0 Å².